The molecule has 2 heterocycles. The molecule has 0 radical (unpaired) electrons. The van der Waals surface area contributed by atoms with Crippen molar-refractivity contribution < 1.29 is 0 Å². The summed E-state index contributed by atoms with van der Waals surface area (Å²) in [4.78, 5) is 7.89. The standard InChI is InChI=1S/C17H16N6S/c1-11-6-5-7-12(2)16(11)23-15(20-21-22-23)10-24-17-18-13-8-3-4-9-14(13)19-17/h3-9H,10H2,1-2H3,(H,18,19). The number of imidazole rings is 1. The topological polar surface area (TPSA) is 72.3 Å². The number of aryl methyl sites for hydroxylation is 2. The maximum absolute atomic E-state index is 4.58. The fourth-order valence-corrected chi connectivity index (χ4v) is 3.53. The lowest BCUT2D eigenvalue weighted by Crippen LogP contribution is -2.06. The second-order valence-electron chi connectivity index (χ2n) is 5.60. The zero-order chi connectivity index (χ0) is 16.5. The zero-order valence-corrected chi connectivity index (χ0v) is 14.2. The number of aromatic nitrogens is 6. The lowest BCUT2D eigenvalue weighted by Gasteiger charge is -2.10. The molecule has 1 N–H and O–H groups in total. The molecule has 0 saturated heterocycles. The van der Waals surface area contributed by atoms with Crippen molar-refractivity contribution >= 4 is 22.8 Å². The summed E-state index contributed by atoms with van der Waals surface area (Å²) < 4.78 is 1.82. The third kappa shape index (κ3) is 2.67. The summed E-state index contributed by atoms with van der Waals surface area (Å²) in [6, 6.07) is 14.2. The molecule has 2 aromatic carbocycles. The Labute approximate surface area is 143 Å². The Bertz CT molecular complexity index is 950. The van der Waals surface area contributed by atoms with Gasteiger partial charge in [0.1, 0.15) is 0 Å². The van der Waals surface area contributed by atoms with Crippen molar-refractivity contribution in [3.8, 4) is 5.69 Å². The average molecular weight is 336 g/mol. The van der Waals surface area contributed by atoms with Gasteiger partial charge in [0.25, 0.3) is 0 Å². The van der Waals surface area contributed by atoms with Crippen LogP contribution in [-0.2, 0) is 5.75 Å². The van der Waals surface area contributed by atoms with Crippen molar-refractivity contribution in [1.29, 1.82) is 0 Å². The molecule has 6 nitrogen and oxygen atoms in total. The van der Waals surface area contributed by atoms with Crippen LogP contribution >= 0.6 is 11.8 Å². The predicted octanol–water partition coefficient (Wildman–Crippen LogP) is 3.45. The Morgan fingerprint density at radius 2 is 1.83 bits per heavy atom. The number of aromatic amines is 1. The monoisotopic (exact) mass is 336 g/mol. The average Bonchev–Trinajstić information content (AvgIpc) is 3.19. The first kappa shape index (κ1) is 14.9. The van der Waals surface area contributed by atoms with Gasteiger partial charge < -0.3 is 4.98 Å². The third-order valence-corrected chi connectivity index (χ3v) is 4.76. The number of tetrazole rings is 1. The Hall–Kier alpha value is -2.67. The molecule has 0 bridgehead atoms. The molecule has 0 aliphatic heterocycles. The van der Waals surface area contributed by atoms with Crippen molar-refractivity contribution in [2.24, 2.45) is 0 Å². The van der Waals surface area contributed by atoms with E-state index in [4.69, 9.17) is 0 Å². The highest BCUT2D eigenvalue weighted by molar-refractivity contribution is 7.98. The van der Waals surface area contributed by atoms with Gasteiger partial charge in [0, 0.05) is 0 Å². The Morgan fingerprint density at radius 3 is 2.62 bits per heavy atom. The summed E-state index contributed by atoms with van der Waals surface area (Å²) >= 11 is 1.59. The molecule has 0 aliphatic rings. The van der Waals surface area contributed by atoms with Crippen LogP contribution in [0.4, 0.5) is 0 Å². The smallest absolute Gasteiger partial charge is 0.167 e. The Kier molecular flexibility index (Phi) is 3.78. The fraction of sp³-hybridized carbons (Fsp3) is 0.176. The summed E-state index contributed by atoms with van der Waals surface area (Å²) in [7, 11) is 0. The van der Waals surface area contributed by atoms with Gasteiger partial charge in [0.15, 0.2) is 11.0 Å². The van der Waals surface area contributed by atoms with Gasteiger partial charge in [0.05, 0.1) is 22.5 Å². The number of thioether (sulfide) groups is 1. The first-order valence-corrected chi connectivity index (χ1v) is 8.62. The number of H-pyrrole nitrogens is 1. The van der Waals surface area contributed by atoms with Crippen molar-refractivity contribution in [3.63, 3.8) is 0 Å². The highest BCUT2D eigenvalue weighted by Crippen LogP contribution is 2.24. The predicted molar refractivity (Wildman–Crippen MR) is 94.3 cm³/mol. The van der Waals surface area contributed by atoms with Crippen molar-refractivity contribution in [1.82, 2.24) is 30.2 Å². The van der Waals surface area contributed by atoms with Crippen molar-refractivity contribution in [3.05, 3.63) is 59.4 Å². The largest absolute Gasteiger partial charge is 0.333 e. The molecule has 0 saturated carbocycles. The van der Waals surface area contributed by atoms with Gasteiger partial charge in [-0.3, -0.25) is 0 Å². The van der Waals surface area contributed by atoms with E-state index >= 15 is 0 Å². The van der Waals surface area contributed by atoms with Crippen LogP contribution in [0.3, 0.4) is 0 Å². The molecule has 24 heavy (non-hydrogen) atoms. The van der Waals surface area contributed by atoms with Gasteiger partial charge >= 0.3 is 0 Å². The van der Waals surface area contributed by atoms with Crippen LogP contribution < -0.4 is 0 Å². The minimum Gasteiger partial charge on any atom is -0.333 e. The molecule has 120 valence electrons. The van der Waals surface area contributed by atoms with E-state index < -0.39 is 0 Å². The van der Waals surface area contributed by atoms with Crippen molar-refractivity contribution in [2.45, 2.75) is 24.8 Å². The van der Waals surface area contributed by atoms with Crippen LogP contribution in [0.1, 0.15) is 17.0 Å². The van der Waals surface area contributed by atoms with Crippen LogP contribution in [0.5, 0.6) is 0 Å². The Morgan fingerprint density at radius 1 is 1.04 bits per heavy atom. The van der Waals surface area contributed by atoms with Gasteiger partial charge in [-0.25, -0.2) is 4.98 Å². The van der Waals surface area contributed by atoms with Gasteiger partial charge in [-0.05, 0) is 47.5 Å². The zero-order valence-electron chi connectivity index (χ0n) is 13.4. The molecule has 4 rings (SSSR count). The van der Waals surface area contributed by atoms with E-state index in [1.165, 1.54) is 0 Å². The second-order valence-corrected chi connectivity index (χ2v) is 6.56. The highest BCUT2D eigenvalue weighted by atomic mass is 32.2. The molecule has 0 fully saturated rings. The van der Waals surface area contributed by atoms with E-state index in [-0.39, 0.29) is 0 Å². The van der Waals surface area contributed by atoms with E-state index in [1.54, 1.807) is 11.8 Å². The first-order chi connectivity index (χ1) is 11.7. The van der Waals surface area contributed by atoms with Gasteiger partial charge in [-0.15, -0.1) is 5.10 Å². The van der Waals surface area contributed by atoms with E-state index in [0.717, 1.165) is 38.8 Å². The van der Waals surface area contributed by atoms with Crippen LogP contribution in [-0.4, -0.2) is 30.2 Å². The molecule has 0 amide bonds. The minimum atomic E-state index is 0.639. The number of hydrogen-bond donors (Lipinski definition) is 1. The molecular weight excluding hydrogens is 320 g/mol. The molecule has 2 aromatic heterocycles. The Balaban J connectivity index is 1.61. The first-order valence-electron chi connectivity index (χ1n) is 7.64. The van der Waals surface area contributed by atoms with Gasteiger partial charge in [0.2, 0.25) is 0 Å². The minimum absolute atomic E-state index is 0.639. The number of nitrogens with one attached hydrogen (secondary N) is 1. The second kappa shape index (κ2) is 6.09. The third-order valence-electron chi connectivity index (χ3n) is 3.89. The molecule has 0 spiro atoms. The maximum atomic E-state index is 4.58. The summed E-state index contributed by atoms with van der Waals surface area (Å²) in [6.07, 6.45) is 0. The quantitative estimate of drug-likeness (QED) is 0.578. The number of benzene rings is 2. The van der Waals surface area contributed by atoms with E-state index in [0.29, 0.717) is 5.75 Å². The molecule has 0 aliphatic carbocycles. The van der Waals surface area contributed by atoms with Gasteiger partial charge in [-0.2, -0.15) is 4.68 Å². The van der Waals surface area contributed by atoms with E-state index in [2.05, 4.69) is 51.5 Å². The van der Waals surface area contributed by atoms with E-state index in [1.807, 2.05) is 35.0 Å². The molecular formula is C17H16N6S. The van der Waals surface area contributed by atoms with Crippen LogP contribution in [0.15, 0.2) is 47.6 Å². The van der Waals surface area contributed by atoms with E-state index in [9.17, 15) is 0 Å². The number of rotatable bonds is 4. The normalized spacial score (nSPS) is 11.2. The van der Waals surface area contributed by atoms with Crippen LogP contribution in [0, 0.1) is 13.8 Å². The number of para-hydroxylation sites is 3. The summed E-state index contributed by atoms with van der Waals surface area (Å²) in [5.74, 6) is 1.44. The van der Waals surface area contributed by atoms with Crippen molar-refractivity contribution in [2.75, 3.05) is 0 Å². The summed E-state index contributed by atoms with van der Waals surface area (Å²) in [6.45, 7) is 4.14. The lowest BCUT2D eigenvalue weighted by atomic mass is 10.1. The number of nitrogens with zero attached hydrogens (tertiary/aromatic N) is 5. The maximum Gasteiger partial charge on any atom is 0.167 e. The van der Waals surface area contributed by atoms with Crippen LogP contribution in [0.25, 0.3) is 16.7 Å². The van der Waals surface area contributed by atoms with Crippen LogP contribution in [0.2, 0.25) is 0 Å². The number of fused-ring (bicyclic) bond motifs is 1. The summed E-state index contributed by atoms with van der Waals surface area (Å²) in [5, 5.41) is 13.1. The number of hydrogen-bond acceptors (Lipinski definition) is 5. The summed E-state index contributed by atoms with van der Waals surface area (Å²) in [5.41, 5.74) is 5.35. The SMILES string of the molecule is Cc1cccc(C)c1-n1nnnc1CSc1nc2ccccc2[nH]1. The fourth-order valence-electron chi connectivity index (χ4n) is 2.74. The lowest BCUT2D eigenvalue weighted by molar-refractivity contribution is 0.769. The molecule has 4 aromatic rings. The molecule has 0 atom stereocenters. The highest BCUT2D eigenvalue weighted by Gasteiger charge is 2.14. The molecule has 0 unspecified atom stereocenters. The van der Waals surface area contributed by atoms with Gasteiger partial charge in [-0.1, -0.05) is 42.1 Å². The molecule has 7 heteroatoms.